The quantitative estimate of drug-likeness (QED) is 0.594. The van der Waals surface area contributed by atoms with Crippen LogP contribution in [0.1, 0.15) is 26.2 Å². The Morgan fingerprint density at radius 2 is 1.37 bits per heavy atom. The molecule has 1 aliphatic heterocycles. The average Bonchev–Trinajstić information content (AvgIpc) is 2.93. The standard InChI is InChI=1S/C11H14F6O2/c1-9(7-8(18)19-7)3-5(10(12,13)14)2-6(4-9)11(15,16)17/h5-8,18H,2-4H2,1H3. The van der Waals surface area contributed by atoms with Crippen molar-refractivity contribution in [2.75, 3.05) is 0 Å². The van der Waals surface area contributed by atoms with E-state index >= 15 is 0 Å². The van der Waals surface area contributed by atoms with Gasteiger partial charge in [-0.1, -0.05) is 6.92 Å². The van der Waals surface area contributed by atoms with E-state index in [2.05, 4.69) is 0 Å². The van der Waals surface area contributed by atoms with Gasteiger partial charge in [-0.05, 0) is 19.3 Å². The molecule has 19 heavy (non-hydrogen) atoms. The monoisotopic (exact) mass is 292 g/mol. The second kappa shape index (κ2) is 4.25. The highest BCUT2D eigenvalue weighted by molar-refractivity contribution is 5.01. The molecule has 0 amide bonds. The van der Waals surface area contributed by atoms with Gasteiger partial charge >= 0.3 is 12.4 Å². The van der Waals surface area contributed by atoms with Crippen LogP contribution in [0.15, 0.2) is 0 Å². The van der Waals surface area contributed by atoms with Crippen molar-refractivity contribution in [3.63, 3.8) is 0 Å². The smallest absolute Gasteiger partial charge is 0.366 e. The normalized spacial score (nSPS) is 44.2. The number of epoxide rings is 1. The SMILES string of the molecule is CC1(C2OC2O)CC(C(F)(F)F)CC(C(F)(F)F)C1. The van der Waals surface area contributed by atoms with E-state index in [4.69, 9.17) is 9.84 Å². The topological polar surface area (TPSA) is 32.8 Å². The third kappa shape index (κ3) is 2.99. The molecule has 1 saturated heterocycles. The Morgan fingerprint density at radius 3 is 1.63 bits per heavy atom. The van der Waals surface area contributed by atoms with Gasteiger partial charge in [-0.25, -0.2) is 0 Å². The summed E-state index contributed by atoms with van der Waals surface area (Å²) in [6.45, 7) is 1.32. The van der Waals surface area contributed by atoms with Gasteiger partial charge in [0.15, 0.2) is 6.29 Å². The predicted octanol–water partition coefficient (Wildman–Crippen LogP) is 3.25. The molecule has 2 nitrogen and oxygen atoms in total. The second-order valence-electron chi connectivity index (χ2n) is 5.72. The summed E-state index contributed by atoms with van der Waals surface area (Å²) in [6, 6.07) is 0. The highest BCUT2D eigenvalue weighted by Gasteiger charge is 2.61. The predicted molar refractivity (Wildman–Crippen MR) is 51.9 cm³/mol. The molecule has 1 saturated carbocycles. The number of alkyl halides is 6. The molecule has 0 radical (unpaired) electrons. The van der Waals surface area contributed by atoms with Gasteiger partial charge in [0.25, 0.3) is 0 Å². The molecule has 2 aliphatic rings. The number of aliphatic hydroxyl groups excluding tert-OH is 1. The van der Waals surface area contributed by atoms with E-state index in [9.17, 15) is 26.3 Å². The molecule has 0 aromatic carbocycles. The van der Waals surface area contributed by atoms with E-state index < -0.39 is 61.3 Å². The molecule has 8 heteroatoms. The lowest BCUT2D eigenvalue weighted by Gasteiger charge is -2.42. The molecule has 2 rings (SSSR count). The third-order valence-corrected chi connectivity index (χ3v) is 4.08. The number of hydrogen-bond donors (Lipinski definition) is 1. The maximum Gasteiger partial charge on any atom is 0.391 e. The molecule has 1 aliphatic carbocycles. The molecule has 1 N–H and O–H groups in total. The van der Waals surface area contributed by atoms with Gasteiger partial charge in [-0.3, -0.25) is 0 Å². The van der Waals surface area contributed by atoms with Crippen LogP contribution in [0.25, 0.3) is 0 Å². The maximum absolute atomic E-state index is 12.8. The van der Waals surface area contributed by atoms with Crippen molar-refractivity contribution in [3.8, 4) is 0 Å². The molecule has 4 atom stereocenters. The Labute approximate surface area is 105 Å². The van der Waals surface area contributed by atoms with Crippen LogP contribution in [0.3, 0.4) is 0 Å². The first-order valence-corrected chi connectivity index (χ1v) is 5.90. The van der Waals surface area contributed by atoms with E-state index in [1.54, 1.807) is 0 Å². The van der Waals surface area contributed by atoms with Crippen LogP contribution in [0.5, 0.6) is 0 Å². The molecule has 112 valence electrons. The van der Waals surface area contributed by atoms with Gasteiger partial charge in [0, 0.05) is 5.41 Å². The third-order valence-electron chi connectivity index (χ3n) is 4.08. The number of rotatable bonds is 1. The maximum atomic E-state index is 12.8. The summed E-state index contributed by atoms with van der Waals surface area (Å²) in [4.78, 5) is 0. The lowest BCUT2D eigenvalue weighted by molar-refractivity contribution is -0.238. The van der Waals surface area contributed by atoms with E-state index in [0.29, 0.717) is 0 Å². The van der Waals surface area contributed by atoms with Crippen LogP contribution in [0, 0.1) is 17.3 Å². The lowest BCUT2D eigenvalue weighted by atomic mass is 9.64. The van der Waals surface area contributed by atoms with Crippen molar-refractivity contribution >= 4 is 0 Å². The number of hydrogen-bond acceptors (Lipinski definition) is 2. The Bertz CT molecular complexity index is 328. The largest absolute Gasteiger partial charge is 0.391 e. The van der Waals surface area contributed by atoms with Crippen molar-refractivity contribution in [1.29, 1.82) is 0 Å². The van der Waals surface area contributed by atoms with E-state index in [-0.39, 0.29) is 0 Å². The molecular formula is C11H14F6O2. The zero-order valence-electron chi connectivity index (χ0n) is 10.1. The fraction of sp³-hybridized carbons (Fsp3) is 1.00. The first-order chi connectivity index (χ1) is 8.43. The summed E-state index contributed by atoms with van der Waals surface area (Å²) < 4.78 is 81.2. The molecule has 2 fully saturated rings. The van der Waals surface area contributed by atoms with Crippen molar-refractivity contribution in [3.05, 3.63) is 0 Å². The van der Waals surface area contributed by atoms with Crippen molar-refractivity contribution in [1.82, 2.24) is 0 Å². The molecular weight excluding hydrogens is 278 g/mol. The molecule has 0 spiro atoms. The van der Waals surface area contributed by atoms with Crippen molar-refractivity contribution in [2.24, 2.45) is 17.3 Å². The first-order valence-electron chi connectivity index (χ1n) is 5.90. The van der Waals surface area contributed by atoms with Gasteiger partial charge in [0.05, 0.1) is 11.8 Å². The van der Waals surface area contributed by atoms with Gasteiger partial charge < -0.3 is 9.84 Å². The van der Waals surface area contributed by atoms with Crippen LogP contribution < -0.4 is 0 Å². The summed E-state index contributed by atoms with van der Waals surface area (Å²) in [5, 5.41) is 9.14. The van der Waals surface area contributed by atoms with Gasteiger partial charge in [-0.2, -0.15) is 26.3 Å². The van der Waals surface area contributed by atoms with E-state index in [1.807, 2.05) is 0 Å². The summed E-state index contributed by atoms with van der Waals surface area (Å²) in [5.41, 5.74) is -1.29. The van der Waals surface area contributed by atoms with Crippen LogP contribution in [0.4, 0.5) is 26.3 Å². The minimum absolute atomic E-state index is 0.440. The second-order valence-corrected chi connectivity index (χ2v) is 5.72. The van der Waals surface area contributed by atoms with Crippen LogP contribution in [-0.2, 0) is 4.74 Å². The summed E-state index contributed by atoms with van der Waals surface area (Å²) in [6.07, 6.45) is -13.3. The highest BCUT2D eigenvalue weighted by Crippen LogP contribution is 2.56. The molecule has 0 aromatic heterocycles. The van der Waals surface area contributed by atoms with E-state index in [0.717, 1.165) is 0 Å². The van der Waals surface area contributed by atoms with Gasteiger partial charge in [-0.15, -0.1) is 0 Å². The number of halogens is 6. The summed E-state index contributed by atoms with van der Waals surface area (Å²) in [5.74, 6) is -4.01. The van der Waals surface area contributed by atoms with Gasteiger partial charge in [0.1, 0.15) is 6.10 Å². The zero-order chi connectivity index (χ0) is 14.6. The van der Waals surface area contributed by atoms with Crippen LogP contribution >= 0.6 is 0 Å². The molecule has 1 heterocycles. The van der Waals surface area contributed by atoms with Crippen LogP contribution in [-0.4, -0.2) is 29.9 Å². The van der Waals surface area contributed by atoms with Gasteiger partial charge in [0.2, 0.25) is 0 Å². The Morgan fingerprint density at radius 1 is 1.00 bits per heavy atom. The Kier molecular flexibility index (Phi) is 3.33. The number of aliphatic hydroxyl groups is 1. The zero-order valence-corrected chi connectivity index (χ0v) is 10.1. The molecule has 0 bridgehead atoms. The molecule has 0 aromatic rings. The lowest BCUT2D eigenvalue weighted by Crippen LogP contribution is -2.45. The van der Waals surface area contributed by atoms with Crippen molar-refractivity contribution < 1.29 is 36.2 Å². The Balaban J connectivity index is 2.22. The first kappa shape index (κ1) is 14.9. The Hall–Kier alpha value is -0.500. The number of ether oxygens (including phenoxy) is 1. The fourth-order valence-corrected chi connectivity index (χ4v) is 3.06. The minimum atomic E-state index is -4.66. The fourth-order valence-electron chi connectivity index (χ4n) is 3.06. The van der Waals surface area contributed by atoms with Crippen LogP contribution in [0.2, 0.25) is 0 Å². The highest BCUT2D eigenvalue weighted by atomic mass is 19.4. The summed E-state index contributed by atoms with van der Waals surface area (Å²) in [7, 11) is 0. The molecule has 4 unspecified atom stereocenters. The summed E-state index contributed by atoms with van der Waals surface area (Å²) >= 11 is 0. The van der Waals surface area contributed by atoms with Crippen molar-refractivity contribution in [2.45, 2.75) is 50.9 Å². The average molecular weight is 292 g/mol. The van der Waals surface area contributed by atoms with E-state index in [1.165, 1.54) is 6.92 Å². The minimum Gasteiger partial charge on any atom is -0.366 e.